The van der Waals surface area contributed by atoms with Gasteiger partial charge in [-0.3, -0.25) is 0 Å². The molecule has 0 radical (unpaired) electrons. The highest BCUT2D eigenvalue weighted by Crippen LogP contribution is 2.16. The van der Waals surface area contributed by atoms with Gasteiger partial charge in [0.25, 0.3) is 0 Å². The van der Waals surface area contributed by atoms with Crippen LogP contribution in [0.25, 0.3) is 0 Å². The van der Waals surface area contributed by atoms with Crippen molar-refractivity contribution in [2.45, 2.75) is 0 Å². The van der Waals surface area contributed by atoms with Crippen LogP contribution in [-0.4, -0.2) is 11.9 Å². The Labute approximate surface area is 111 Å². The minimum atomic E-state index is -0.615. The van der Waals surface area contributed by atoms with Crippen LogP contribution in [0.1, 0.15) is 0 Å². The second-order valence-electron chi connectivity index (χ2n) is 3.09. The topological polar surface area (TPSA) is 52.6 Å². The quantitative estimate of drug-likeness (QED) is 0.638. The molecule has 0 atom stereocenters. The molecule has 0 N–H and O–H groups in total. The molecule has 2 rings (SSSR count). The first-order chi connectivity index (χ1) is 8.74. The number of hydrogen-bond acceptors (Lipinski definition) is 6. The van der Waals surface area contributed by atoms with Gasteiger partial charge in [0.1, 0.15) is 11.5 Å². The summed E-state index contributed by atoms with van der Waals surface area (Å²) in [4.78, 5) is 22.6. The van der Waals surface area contributed by atoms with Gasteiger partial charge in [0.05, 0.1) is 0 Å². The molecule has 0 fully saturated rings. The van der Waals surface area contributed by atoms with E-state index in [-0.39, 0.29) is 0 Å². The minimum Gasteiger partial charge on any atom is -0.422 e. The van der Waals surface area contributed by atoms with Crippen LogP contribution in [0.15, 0.2) is 45.8 Å². The van der Waals surface area contributed by atoms with Crippen molar-refractivity contribution in [2.24, 2.45) is 0 Å². The van der Waals surface area contributed by atoms with Gasteiger partial charge in [-0.1, -0.05) is 0 Å². The normalized spacial score (nSPS) is 10.4. The molecule has 0 aliphatic heterocycles. The third-order valence-electron chi connectivity index (χ3n) is 1.78. The third-order valence-corrected chi connectivity index (χ3v) is 3.11. The first-order valence-corrected chi connectivity index (χ1v) is 6.79. The molecule has 0 bridgehead atoms. The molecular weight excluding hydrogens is 272 g/mol. The van der Waals surface area contributed by atoms with E-state index in [1.54, 1.807) is 33.7 Å². The van der Waals surface area contributed by atoms with Gasteiger partial charge in [-0.15, -0.1) is 22.7 Å². The fraction of sp³-hybridized carbons (Fsp3) is 0. The Balaban J connectivity index is 1.83. The standard InChI is InChI=1S/C12H8O4S2/c13-11(15-9-3-5-17-7-9)1-2-12(14)16-10-4-6-18-8-10/h1-8H/b2-1+. The smallest absolute Gasteiger partial charge is 0.336 e. The highest BCUT2D eigenvalue weighted by atomic mass is 32.1. The molecule has 0 spiro atoms. The molecule has 2 aromatic heterocycles. The number of hydrogen-bond donors (Lipinski definition) is 0. The summed E-state index contributed by atoms with van der Waals surface area (Å²) in [6, 6.07) is 3.33. The number of thiophene rings is 2. The average Bonchev–Trinajstić information content (AvgIpc) is 2.99. The average molecular weight is 280 g/mol. The van der Waals surface area contributed by atoms with E-state index in [1.165, 1.54) is 22.7 Å². The summed E-state index contributed by atoms with van der Waals surface area (Å²) in [6.07, 6.45) is 2.07. The molecule has 0 saturated heterocycles. The van der Waals surface area contributed by atoms with E-state index < -0.39 is 11.9 Å². The zero-order chi connectivity index (χ0) is 12.8. The first-order valence-electron chi connectivity index (χ1n) is 4.90. The number of ether oxygens (including phenoxy) is 2. The summed E-state index contributed by atoms with van der Waals surface area (Å²) in [6.45, 7) is 0. The lowest BCUT2D eigenvalue weighted by Crippen LogP contribution is -2.07. The van der Waals surface area contributed by atoms with Crippen LogP contribution in [0, 0.1) is 0 Å². The second-order valence-corrected chi connectivity index (χ2v) is 4.65. The Bertz CT molecular complexity index is 490. The van der Waals surface area contributed by atoms with Crippen LogP contribution < -0.4 is 9.47 Å². The summed E-state index contributed by atoms with van der Waals surface area (Å²) >= 11 is 2.83. The van der Waals surface area contributed by atoms with Gasteiger partial charge in [0.2, 0.25) is 0 Å². The van der Waals surface area contributed by atoms with Crippen molar-refractivity contribution in [1.82, 2.24) is 0 Å². The van der Waals surface area contributed by atoms with Crippen LogP contribution in [0.4, 0.5) is 0 Å². The SMILES string of the molecule is O=C(/C=C/C(=O)Oc1ccsc1)Oc1ccsc1. The maximum Gasteiger partial charge on any atom is 0.336 e. The van der Waals surface area contributed by atoms with Gasteiger partial charge in [-0.25, -0.2) is 9.59 Å². The maximum atomic E-state index is 11.3. The van der Waals surface area contributed by atoms with E-state index in [4.69, 9.17) is 9.47 Å². The molecule has 18 heavy (non-hydrogen) atoms. The monoisotopic (exact) mass is 280 g/mol. The van der Waals surface area contributed by atoms with E-state index in [9.17, 15) is 9.59 Å². The second kappa shape index (κ2) is 6.13. The van der Waals surface area contributed by atoms with Crippen molar-refractivity contribution in [1.29, 1.82) is 0 Å². The van der Waals surface area contributed by atoms with Crippen LogP contribution >= 0.6 is 22.7 Å². The van der Waals surface area contributed by atoms with Crippen LogP contribution in [0.2, 0.25) is 0 Å². The molecule has 2 aromatic rings. The van der Waals surface area contributed by atoms with Gasteiger partial charge in [-0.05, 0) is 22.9 Å². The highest BCUT2D eigenvalue weighted by Gasteiger charge is 2.04. The highest BCUT2D eigenvalue weighted by molar-refractivity contribution is 7.08. The third kappa shape index (κ3) is 3.83. The minimum absolute atomic E-state index is 0.459. The molecule has 2 heterocycles. The Hall–Kier alpha value is -1.92. The summed E-state index contributed by atoms with van der Waals surface area (Å²) in [5, 5.41) is 6.96. The Morgan fingerprint density at radius 1 is 0.889 bits per heavy atom. The lowest BCUT2D eigenvalue weighted by molar-refractivity contribution is -0.131. The maximum absolute atomic E-state index is 11.3. The van der Waals surface area contributed by atoms with Crippen molar-refractivity contribution >= 4 is 34.6 Å². The number of rotatable bonds is 4. The molecule has 92 valence electrons. The van der Waals surface area contributed by atoms with Crippen LogP contribution in [0.5, 0.6) is 11.5 Å². The molecule has 0 aliphatic carbocycles. The molecule has 0 unspecified atom stereocenters. The molecule has 0 amide bonds. The molecule has 6 heteroatoms. The van der Waals surface area contributed by atoms with E-state index >= 15 is 0 Å². The fourth-order valence-electron chi connectivity index (χ4n) is 1.06. The van der Waals surface area contributed by atoms with E-state index in [1.807, 2.05) is 0 Å². The van der Waals surface area contributed by atoms with Crippen LogP contribution in [0.3, 0.4) is 0 Å². The van der Waals surface area contributed by atoms with Gasteiger partial charge < -0.3 is 9.47 Å². The largest absolute Gasteiger partial charge is 0.422 e. The number of carbonyl (C=O) groups is 2. The van der Waals surface area contributed by atoms with Crippen LogP contribution in [-0.2, 0) is 9.59 Å². The van der Waals surface area contributed by atoms with Crippen molar-refractivity contribution in [3.8, 4) is 11.5 Å². The molecular formula is C12H8O4S2. The Kier molecular flexibility index (Phi) is 4.27. The molecule has 0 aliphatic rings. The number of esters is 2. The first kappa shape index (κ1) is 12.5. The van der Waals surface area contributed by atoms with Crippen molar-refractivity contribution < 1.29 is 19.1 Å². The van der Waals surface area contributed by atoms with Crippen molar-refractivity contribution in [2.75, 3.05) is 0 Å². The fourth-order valence-corrected chi connectivity index (χ4v) is 2.16. The summed E-state index contributed by atoms with van der Waals surface area (Å²) < 4.78 is 9.84. The summed E-state index contributed by atoms with van der Waals surface area (Å²) in [5.74, 6) is -0.312. The zero-order valence-electron chi connectivity index (χ0n) is 9.07. The van der Waals surface area contributed by atoms with E-state index in [2.05, 4.69) is 0 Å². The van der Waals surface area contributed by atoms with E-state index in [0.717, 1.165) is 12.2 Å². The van der Waals surface area contributed by atoms with Crippen molar-refractivity contribution in [3.05, 3.63) is 45.8 Å². The number of carbonyl (C=O) groups excluding carboxylic acids is 2. The molecule has 4 nitrogen and oxygen atoms in total. The molecule has 0 saturated carbocycles. The summed E-state index contributed by atoms with van der Waals surface area (Å²) in [7, 11) is 0. The van der Waals surface area contributed by atoms with E-state index in [0.29, 0.717) is 11.5 Å². The van der Waals surface area contributed by atoms with Gasteiger partial charge in [0, 0.05) is 22.9 Å². The van der Waals surface area contributed by atoms with Gasteiger partial charge in [-0.2, -0.15) is 0 Å². The predicted molar refractivity (Wildman–Crippen MR) is 69.0 cm³/mol. The molecule has 0 aromatic carbocycles. The summed E-state index contributed by atoms with van der Waals surface area (Å²) in [5.41, 5.74) is 0. The van der Waals surface area contributed by atoms with Gasteiger partial charge in [0.15, 0.2) is 0 Å². The van der Waals surface area contributed by atoms with Crippen molar-refractivity contribution in [3.63, 3.8) is 0 Å². The Morgan fingerprint density at radius 2 is 1.33 bits per heavy atom. The predicted octanol–water partition coefficient (Wildman–Crippen LogP) is 2.88. The Morgan fingerprint density at radius 3 is 1.67 bits per heavy atom. The zero-order valence-corrected chi connectivity index (χ0v) is 10.7. The van der Waals surface area contributed by atoms with Gasteiger partial charge >= 0.3 is 11.9 Å². The lowest BCUT2D eigenvalue weighted by Gasteiger charge is -1.97. The lowest BCUT2D eigenvalue weighted by atomic mass is 10.5.